The number of phenolic OH excluding ortho intramolecular Hbond substituents is 1. The first kappa shape index (κ1) is 14.3. The second-order valence-corrected chi connectivity index (χ2v) is 6.22. The van der Waals surface area contributed by atoms with Gasteiger partial charge >= 0.3 is 5.97 Å². The average molecular weight is 318 g/mol. The molecule has 0 aromatic heterocycles. The van der Waals surface area contributed by atoms with E-state index in [9.17, 15) is 19.5 Å². The van der Waals surface area contributed by atoms with Crippen molar-refractivity contribution in [3.05, 3.63) is 29.3 Å². The van der Waals surface area contributed by atoms with Gasteiger partial charge in [-0.25, -0.2) is 0 Å². The summed E-state index contributed by atoms with van der Waals surface area (Å²) in [5, 5.41) is 18.9. The Hall–Kier alpha value is -2.25. The number of aromatic hydroxyl groups is 1. The van der Waals surface area contributed by atoms with Crippen molar-refractivity contribution >= 4 is 17.5 Å². The van der Waals surface area contributed by atoms with E-state index in [2.05, 4.69) is 0 Å². The fourth-order valence-electron chi connectivity index (χ4n) is 4.02. The van der Waals surface area contributed by atoms with E-state index >= 15 is 0 Å². The molecule has 1 aliphatic carbocycles. The predicted molar refractivity (Wildman–Crippen MR) is 74.5 cm³/mol. The molecule has 0 saturated carbocycles. The molecule has 4 atom stereocenters. The van der Waals surface area contributed by atoms with E-state index in [4.69, 9.17) is 14.6 Å². The number of hydrogen-bond donors (Lipinski definition) is 2. The fourth-order valence-corrected chi connectivity index (χ4v) is 4.02. The van der Waals surface area contributed by atoms with Crippen LogP contribution in [0.4, 0.5) is 0 Å². The molecule has 3 aliphatic rings. The molecule has 0 bridgehead atoms. The summed E-state index contributed by atoms with van der Waals surface area (Å²) in [7, 11) is 0. The van der Waals surface area contributed by atoms with Crippen LogP contribution in [0.15, 0.2) is 18.2 Å². The summed E-state index contributed by atoms with van der Waals surface area (Å²) in [4.78, 5) is 36.7. The molecule has 4 rings (SSSR count). The average Bonchev–Trinajstić information content (AvgIpc) is 3.17. The van der Waals surface area contributed by atoms with E-state index in [1.165, 1.54) is 18.2 Å². The minimum atomic E-state index is -1.45. The van der Waals surface area contributed by atoms with E-state index < -0.39 is 40.9 Å². The highest BCUT2D eigenvalue weighted by Gasteiger charge is 2.85. The monoisotopic (exact) mass is 318 g/mol. The zero-order valence-electron chi connectivity index (χ0n) is 12.2. The third-order valence-electron chi connectivity index (χ3n) is 5.00. The lowest BCUT2D eigenvalue weighted by molar-refractivity contribution is -0.143. The predicted octanol–water partition coefficient (Wildman–Crippen LogP) is 0.931. The summed E-state index contributed by atoms with van der Waals surface area (Å²) in [6.45, 7) is 1.59. The Morgan fingerprint density at radius 3 is 2.78 bits per heavy atom. The van der Waals surface area contributed by atoms with Crippen LogP contribution in [0, 0.1) is 0 Å². The smallest absolute Gasteiger partial charge is 0.305 e. The Labute approximate surface area is 130 Å². The summed E-state index contributed by atoms with van der Waals surface area (Å²) < 4.78 is 11.3. The summed E-state index contributed by atoms with van der Waals surface area (Å²) >= 11 is 0. The number of carboxylic acid groups (broad SMARTS) is 1. The maximum atomic E-state index is 12.9. The molecular formula is C16H14O7. The second kappa shape index (κ2) is 4.18. The number of phenols is 1. The standard InChI is InChI=1S/C16H14O7/c1-7-16-14(21)12-9(3-2-4-10(12)17)13(20)15(16,23-16)6-8(22-7)5-11(18)19/h2-4,7-8,17H,5-6H2,1H3,(H,18,19)/t7-,8+,15-,16+/m0/s1. The first-order chi connectivity index (χ1) is 10.8. The van der Waals surface area contributed by atoms with Crippen LogP contribution in [0.5, 0.6) is 5.75 Å². The molecule has 2 fully saturated rings. The van der Waals surface area contributed by atoms with Crippen LogP contribution >= 0.6 is 0 Å². The molecule has 0 amide bonds. The van der Waals surface area contributed by atoms with Gasteiger partial charge in [-0.1, -0.05) is 12.1 Å². The van der Waals surface area contributed by atoms with Crippen LogP contribution in [-0.2, 0) is 14.3 Å². The molecule has 1 aromatic rings. The second-order valence-electron chi connectivity index (χ2n) is 6.22. The van der Waals surface area contributed by atoms with Crippen LogP contribution in [0.1, 0.15) is 40.5 Å². The van der Waals surface area contributed by atoms with Gasteiger partial charge in [-0.2, -0.15) is 0 Å². The lowest BCUT2D eigenvalue weighted by atomic mass is 9.68. The molecule has 0 spiro atoms. The van der Waals surface area contributed by atoms with Crippen molar-refractivity contribution in [3.8, 4) is 5.75 Å². The fraction of sp³-hybridized carbons (Fsp3) is 0.438. The number of fused-ring (bicyclic) bond motifs is 1. The highest BCUT2D eigenvalue weighted by atomic mass is 16.7. The number of ether oxygens (including phenoxy) is 2. The lowest BCUT2D eigenvalue weighted by Crippen LogP contribution is -2.57. The minimum absolute atomic E-state index is 0.0172. The molecule has 0 unspecified atom stereocenters. The molecule has 7 heteroatoms. The molecule has 2 N–H and O–H groups in total. The number of ketones is 2. The highest BCUT2D eigenvalue weighted by molar-refractivity contribution is 6.26. The number of carbonyl (C=O) groups excluding carboxylic acids is 2. The summed E-state index contributed by atoms with van der Waals surface area (Å²) in [6, 6.07) is 4.31. The molecule has 0 radical (unpaired) electrons. The van der Waals surface area contributed by atoms with Gasteiger partial charge in [-0.05, 0) is 13.0 Å². The molecule has 7 nitrogen and oxygen atoms in total. The van der Waals surface area contributed by atoms with Crippen molar-refractivity contribution in [2.45, 2.75) is 43.2 Å². The van der Waals surface area contributed by atoms with Crippen LogP contribution in [0.2, 0.25) is 0 Å². The molecule has 2 aliphatic heterocycles. The van der Waals surface area contributed by atoms with Crippen LogP contribution < -0.4 is 0 Å². The van der Waals surface area contributed by atoms with Gasteiger partial charge in [0.15, 0.2) is 17.0 Å². The zero-order valence-corrected chi connectivity index (χ0v) is 12.2. The number of aliphatic carboxylic acids is 1. The highest BCUT2D eigenvalue weighted by Crippen LogP contribution is 2.63. The number of hydrogen-bond acceptors (Lipinski definition) is 6. The van der Waals surface area contributed by atoms with E-state index in [-0.39, 0.29) is 29.7 Å². The summed E-state index contributed by atoms with van der Waals surface area (Å²) in [5.41, 5.74) is -2.75. The van der Waals surface area contributed by atoms with Crippen molar-refractivity contribution < 1.29 is 34.1 Å². The van der Waals surface area contributed by atoms with E-state index in [1.807, 2.05) is 0 Å². The van der Waals surface area contributed by atoms with Gasteiger partial charge in [0.05, 0.1) is 24.2 Å². The van der Waals surface area contributed by atoms with Crippen LogP contribution in [0.3, 0.4) is 0 Å². The van der Waals surface area contributed by atoms with E-state index in [1.54, 1.807) is 6.92 Å². The van der Waals surface area contributed by atoms with Crippen molar-refractivity contribution in [2.75, 3.05) is 0 Å². The minimum Gasteiger partial charge on any atom is -0.507 e. The van der Waals surface area contributed by atoms with E-state index in [0.717, 1.165) is 0 Å². The topological polar surface area (TPSA) is 113 Å². The summed E-state index contributed by atoms with van der Waals surface area (Å²) in [6.07, 6.45) is -1.72. The molecule has 1 aromatic carbocycles. The SMILES string of the molecule is C[C@@H]1O[C@H](CC(=O)O)C[C@@]23O[C@@]12C(=O)c1c(O)cccc1C3=O. The molecule has 2 saturated heterocycles. The number of carbonyl (C=O) groups is 3. The maximum Gasteiger partial charge on any atom is 0.305 e. The first-order valence-corrected chi connectivity index (χ1v) is 7.32. The Kier molecular flexibility index (Phi) is 2.61. The van der Waals surface area contributed by atoms with Crippen molar-refractivity contribution in [2.24, 2.45) is 0 Å². The Morgan fingerprint density at radius 2 is 2.09 bits per heavy atom. The van der Waals surface area contributed by atoms with Gasteiger partial charge < -0.3 is 19.7 Å². The Morgan fingerprint density at radius 1 is 1.35 bits per heavy atom. The van der Waals surface area contributed by atoms with E-state index in [0.29, 0.717) is 0 Å². The number of rotatable bonds is 2. The normalized spacial score (nSPS) is 37.6. The third kappa shape index (κ3) is 1.53. The third-order valence-corrected chi connectivity index (χ3v) is 5.00. The molecule has 23 heavy (non-hydrogen) atoms. The molecular weight excluding hydrogens is 304 g/mol. The van der Waals surface area contributed by atoms with Gasteiger partial charge in [-0.3, -0.25) is 14.4 Å². The number of epoxide rings is 1. The summed E-state index contributed by atoms with van der Waals surface area (Å²) in [5.74, 6) is -2.18. The number of benzene rings is 1. The largest absolute Gasteiger partial charge is 0.507 e. The van der Waals surface area contributed by atoms with Crippen molar-refractivity contribution in [1.29, 1.82) is 0 Å². The Balaban J connectivity index is 1.83. The number of Topliss-reactive ketones (excluding diaryl/α,β-unsaturated/α-hetero) is 2. The van der Waals surface area contributed by atoms with Gasteiger partial charge in [0, 0.05) is 12.0 Å². The van der Waals surface area contributed by atoms with Gasteiger partial charge in [0.25, 0.3) is 0 Å². The van der Waals surface area contributed by atoms with Crippen molar-refractivity contribution in [3.63, 3.8) is 0 Å². The van der Waals surface area contributed by atoms with Crippen molar-refractivity contribution in [1.82, 2.24) is 0 Å². The first-order valence-electron chi connectivity index (χ1n) is 7.32. The Bertz CT molecular complexity index is 770. The molecule has 2 heterocycles. The van der Waals surface area contributed by atoms with Crippen LogP contribution in [-0.4, -0.2) is 51.2 Å². The lowest BCUT2D eigenvalue weighted by Gasteiger charge is -2.36. The zero-order chi connectivity index (χ0) is 16.6. The quantitative estimate of drug-likeness (QED) is 0.780. The van der Waals surface area contributed by atoms with Gasteiger partial charge in [-0.15, -0.1) is 0 Å². The van der Waals surface area contributed by atoms with Gasteiger partial charge in [0.2, 0.25) is 5.78 Å². The maximum absolute atomic E-state index is 12.9. The van der Waals surface area contributed by atoms with Crippen LogP contribution in [0.25, 0.3) is 0 Å². The molecule has 120 valence electrons. The van der Waals surface area contributed by atoms with Gasteiger partial charge in [0.1, 0.15) is 5.75 Å². The number of carboxylic acids is 1.